The van der Waals surface area contributed by atoms with E-state index in [0.29, 0.717) is 12.0 Å². The van der Waals surface area contributed by atoms with Gasteiger partial charge < -0.3 is 10.6 Å². The van der Waals surface area contributed by atoms with Crippen LogP contribution in [-0.2, 0) is 0 Å². The molecule has 0 aromatic carbocycles. The summed E-state index contributed by atoms with van der Waals surface area (Å²) in [7, 11) is 1.92. The quantitative estimate of drug-likeness (QED) is 0.834. The highest BCUT2D eigenvalue weighted by molar-refractivity contribution is 5.48. The third-order valence-corrected chi connectivity index (χ3v) is 4.37. The molecule has 0 spiro atoms. The lowest BCUT2D eigenvalue weighted by molar-refractivity contribution is 0.277. The molecule has 1 aliphatic carbocycles. The average Bonchev–Trinajstić information content (AvgIpc) is 3.24. The SMILES string of the molecule is CCN1CCCC1CNc1cc(NC)nc(C2CC2)n1. The molecule has 1 saturated heterocycles. The van der Waals surface area contributed by atoms with E-state index < -0.39 is 0 Å². The summed E-state index contributed by atoms with van der Waals surface area (Å²) in [6, 6.07) is 2.66. The molecule has 1 aliphatic heterocycles. The number of likely N-dealkylation sites (N-methyl/N-ethyl adjacent to an activating group) is 1. The van der Waals surface area contributed by atoms with Crippen LogP contribution in [0.25, 0.3) is 0 Å². The van der Waals surface area contributed by atoms with Crippen molar-refractivity contribution >= 4 is 11.6 Å². The van der Waals surface area contributed by atoms with E-state index in [1.54, 1.807) is 0 Å². The van der Waals surface area contributed by atoms with E-state index in [4.69, 9.17) is 0 Å². The molecule has 2 N–H and O–H groups in total. The Morgan fingerprint density at radius 2 is 2.05 bits per heavy atom. The van der Waals surface area contributed by atoms with Gasteiger partial charge in [0.1, 0.15) is 17.5 Å². The topological polar surface area (TPSA) is 53.1 Å². The third-order valence-electron chi connectivity index (χ3n) is 4.37. The number of aromatic nitrogens is 2. The first-order chi connectivity index (χ1) is 9.80. The Morgan fingerprint density at radius 3 is 2.75 bits per heavy atom. The Morgan fingerprint density at radius 1 is 1.25 bits per heavy atom. The van der Waals surface area contributed by atoms with Crippen molar-refractivity contribution in [1.29, 1.82) is 0 Å². The zero-order chi connectivity index (χ0) is 13.9. The van der Waals surface area contributed by atoms with Crippen LogP contribution in [0, 0.1) is 0 Å². The Kier molecular flexibility index (Phi) is 4.05. The van der Waals surface area contributed by atoms with E-state index in [0.717, 1.165) is 30.5 Å². The number of hydrogen-bond acceptors (Lipinski definition) is 5. The first-order valence-electron chi connectivity index (χ1n) is 7.84. The maximum absolute atomic E-state index is 4.67. The molecule has 1 saturated carbocycles. The molecule has 3 rings (SSSR count). The van der Waals surface area contributed by atoms with Crippen LogP contribution in [0.1, 0.15) is 44.3 Å². The maximum atomic E-state index is 4.67. The summed E-state index contributed by atoms with van der Waals surface area (Å²) in [5.41, 5.74) is 0. The van der Waals surface area contributed by atoms with E-state index in [1.807, 2.05) is 13.1 Å². The molecular formula is C15H25N5. The normalized spacial score (nSPS) is 23.0. The zero-order valence-corrected chi connectivity index (χ0v) is 12.5. The Bertz CT molecular complexity index is 458. The van der Waals surface area contributed by atoms with Gasteiger partial charge in [0.25, 0.3) is 0 Å². The molecule has 20 heavy (non-hydrogen) atoms. The summed E-state index contributed by atoms with van der Waals surface area (Å²) >= 11 is 0. The molecule has 2 aliphatic rings. The van der Waals surface area contributed by atoms with Gasteiger partial charge >= 0.3 is 0 Å². The minimum Gasteiger partial charge on any atom is -0.373 e. The molecule has 5 heteroatoms. The van der Waals surface area contributed by atoms with Crippen molar-refractivity contribution in [1.82, 2.24) is 14.9 Å². The van der Waals surface area contributed by atoms with Gasteiger partial charge in [-0.2, -0.15) is 0 Å². The van der Waals surface area contributed by atoms with Crippen LogP contribution in [0.2, 0.25) is 0 Å². The van der Waals surface area contributed by atoms with Gasteiger partial charge in [0.05, 0.1) is 0 Å². The van der Waals surface area contributed by atoms with E-state index in [1.165, 1.54) is 32.2 Å². The molecule has 0 amide bonds. The first kappa shape index (κ1) is 13.6. The summed E-state index contributed by atoms with van der Waals surface area (Å²) in [6.45, 7) is 5.61. The lowest BCUT2D eigenvalue weighted by Crippen LogP contribution is -2.34. The van der Waals surface area contributed by atoms with Gasteiger partial charge in [0, 0.05) is 31.6 Å². The monoisotopic (exact) mass is 275 g/mol. The van der Waals surface area contributed by atoms with Crippen LogP contribution >= 0.6 is 0 Å². The van der Waals surface area contributed by atoms with E-state index in [9.17, 15) is 0 Å². The third kappa shape index (κ3) is 3.03. The van der Waals surface area contributed by atoms with Gasteiger partial charge in [-0.1, -0.05) is 6.92 Å². The highest BCUT2D eigenvalue weighted by Crippen LogP contribution is 2.38. The fraction of sp³-hybridized carbons (Fsp3) is 0.733. The van der Waals surface area contributed by atoms with E-state index in [2.05, 4.69) is 32.4 Å². The molecule has 0 bridgehead atoms. The fourth-order valence-corrected chi connectivity index (χ4v) is 2.97. The van der Waals surface area contributed by atoms with Gasteiger partial charge in [0.15, 0.2) is 0 Å². The van der Waals surface area contributed by atoms with Crippen molar-refractivity contribution in [3.63, 3.8) is 0 Å². The number of anilines is 2. The number of rotatable bonds is 6. The summed E-state index contributed by atoms with van der Waals surface area (Å²) in [5, 5.41) is 6.65. The lowest BCUT2D eigenvalue weighted by Gasteiger charge is -2.23. The Hall–Kier alpha value is -1.36. The standard InChI is InChI=1S/C15H25N5/c1-3-20-8-4-5-12(20)10-17-14-9-13(16-2)18-15(19-14)11-6-7-11/h9,11-12H,3-8,10H2,1-2H3,(H2,16,17,18,19). The fourth-order valence-electron chi connectivity index (χ4n) is 2.97. The van der Waals surface area contributed by atoms with Crippen LogP contribution in [-0.4, -0.2) is 47.6 Å². The summed E-state index contributed by atoms with van der Waals surface area (Å²) in [4.78, 5) is 11.8. The van der Waals surface area contributed by atoms with Crippen LogP contribution in [0.5, 0.6) is 0 Å². The summed E-state index contributed by atoms with van der Waals surface area (Å²) in [5.74, 6) is 3.47. The number of nitrogens with one attached hydrogen (secondary N) is 2. The van der Waals surface area contributed by atoms with Gasteiger partial charge in [-0.15, -0.1) is 0 Å². The van der Waals surface area contributed by atoms with Gasteiger partial charge in [-0.05, 0) is 38.8 Å². The minimum absolute atomic E-state index is 0.586. The number of hydrogen-bond donors (Lipinski definition) is 2. The van der Waals surface area contributed by atoms with Crippen LogP contribution < -0.4 is 10.6 Å². The van der Waals surface area contributed by atoms with E-state index >= 15 is 0 Å². The van der Waals surface area contributed by atoms with Gasteiger partial charge in [-0.3, -0.25) is 4.90 Å². The predicted octanol–water partition coefficient (Wildman–Crippen LogP) is 2.29. The Labute approximate surface area is 121 Å². The molecule has 110 valence electrons. The molecule has 0 radical (unpaired) electrons. The summed E-state index contributed by atoms with van der Waals surface area (Å²) in [6.07, 6.45) is 5.08. The molecule has 1 atom stereocenters. The lowest BCUT2D eigenvalue weighted by atomic mass is 10.2. The zero-order valence-electron chi connectivity index (χ0n) is 12.5. The summed E-state index contributed by atoms with van der Waals surface area (Å²) < 4.78 is 0. The molecule has 1 aromatic heterocycles. The highest BCUT2D eigenvalue weighted by atomic mass is 15.2. The minimum atomic E-state index is 0.586. The number of likely N-dealkylation sites (tertiary alicyclic amines) is 1. The molecule has 2 fully saturated rings. The molecule has 2 heterocycles. The van der Waals surface area contributed by atoms with Crippen molar-refractivity contribution in [2.75, 3.05) is 37.3 Å². The second-order valence-electron chi connectivity index (χ2n) is 5.83. The van der Waals surface area contributed by atoms with Gasteiger partial charge in [0.2, 0.25) is 0 Å². The predicted molar refractivity (Wildman–Crippen MR) is 82.3 cm³/mol. The maximum Gasteiger partial charge on any atom is 0.136 e. The van der Waals surface area contributed by atoms with Crippen molar-refractivity contribution in [2.45, 2.75) is 44.6 Å². The smallest absolute Gasteiger partial charge is 0.136 e. The molecule has 1 aromatic rings. The van der Waals surface area contributed by atoms with Crippen LogP contribution in [0.3, 0.4) is 0 Å². The number of nitrogens with zero attached hydrogens (tertiary/aromatic N) is 3. The second-order valence-corrected chi connectivity index (χ2v) is 5.83. The molecule has 5 nitrogen and oxygen atoms in total. The van der Waals surface area contributed by atoms with E-state index in [-0.39, 0.29) is 0 Å². The van der Waals surface area contributed by atoms with Crippen LogP contribution in [0.4, 0.5) is 11.6 Å². The molecule has 1 unspecified atom stereocenters. The van der Waals surface area contributed by atoms with Crippen LogP contribution in [0.15, 0.2) is 6.07 Å². The second kappa shape index (κ2) is 5.95. The average molecular weight is 275 g/mol. The highest BCUT2D eigenvalue weighted by Gasteiger charge is 2.27. The van der Waals surface area contributed by atoms with Crippen molar-refractivity contribution in [3.05, 3.63) is 11.9 Å². The van der Waals surface area contributed by atoms with Crippen molar-refractivity contribution < 1.29 is 0 Å². The largest absolute Gasteiger partial charge is 0.373 e. The van der Waals surface area contributed by atoms with Crippen molar-refractivity contribution in [2.24, 2.45) is 0 Å². The molecular weight excluding hydrogens is 250 g/mol. The van der Waals surface area contributed by atoms with Gasteiger partial charge in [-0.25, -0.2) is 9.97 Å². The Balaban J connectivity index is 1.65. The van der Waals surface area contributed by atoms with Crippen molar-refractivity contribution in [3.8, 4) is 0 Å². The first-order valence-corrected chi connectivity index (χ1v) is 7.84.